The van der Waals surface area contributed by atoms with Gasteiger partial charge in [-0.2, -0.15) is 4.31 Å². The van der Waals surface area contributed by atoms with Crippen molar-refractivity contribution in [3.8, 4) is 11.3 Å². The van der Waals surface area contributed by atoms with Gasteiger partial charge < -0.3 is 4.52 Å². The largest absolute Gasteiger partial charge is 0.356 e. The first-order valence-corrected chi connectivity index (χ1v) is 11.6. The van der Waals surface area contributed by atoms with Crippen molar-refractivity contribution < 1.29 is 12.9 Å². The fourth-order valence-corrected chi connectivity index (χ4v) is 5.49. The molecule has 0 bridgehead atoms. The summed E-state index contributed by atoms with van der Waals surface area (Å²) >= 11 is 0. The van der Waals surface area contributed by atoms with E-state index in [-0.39, 0.29) is 0 Å². The summed E-state index contributed by atoms with van der Waals surface area (Å²) in [4.78, 5) is 2.63. The van der Waals surface area contributed by atoms with Gasteiger partial charge in [-0.25, -0.2) is 8.42 Å². The first-order valence-electron chi connectivity index (χ1n) is 10.2. The molecule has 0 N–H and O–H groups in total. The molecule has 0 amide bonds. The van der Waals surface area contributed by atoms with Gasteiger partial charge in [0.15, 0.2) is 5.76 Å². The van der Waals surface area contributed by atoms with Crippen molar-refractivity contribution in [2.45, 2.75) is 32.2 Å². The number of rotatable bonds is 5. The lowest BCUT2D eigenvalue weighted by atomic mass is 10.1. The molecule has 1 saturated heterocycles. The zero-order valence-electron chi connectivity index (χ0n) is 17.6. The van der Waals surface area contributed by atoms with Gasteiger partial charge in [0, 0.05) is 43.9 Å². The molecule has 2 aromatic carbocycles. The van der Waals surface area contributed by atoms with E-state index in [1.165, 1.54) is 5.56 Å². The van der Waals surface area contributed by atoms with Crippen LogP contribution in [-0.2, 0) is 16.6 Å². The number of aryl methyl sites for hydroxylation is 2. The predicted molar refractivity (Wildman–Crippen MR) is 117 cm³/mol. The topological polar surface area (TPSA) is 66.7 Å². The van der Waals surface area contributed by atoms with Crippen LogP contribution in [0.1, 0.15) is 22.4 Å². The van der Waals surface area contributed by atoms with Gasteiger partial charge in [0.05, 0.1) is 10.6 Å². The summed E-state index contributed by atoms with van der Waals surface area (Å²) in [5.74, 6) is 0.622. The summed E-state index contributed by atoms with van der Waals surface area (Å²) in [5, 5.41) is 4.00. The maximum absolute atomic E-state index is 13.4. The number of hydrogen-bond acceptors (Lipinski definition) is 5. The highest BCUT2D eigenvalue weighted by Gasteiger charge is 2.30. The van der Waals surface area contributed by atoms with Gasteiger partial charge in [-0.15, -0.1) is 0 Å². The van der Waals surface area contributed by atoms with E-state index < -0.39 is 10.0 Å². The molecule has 3 aromatic rings. The van der Waals surface area contributed by atoms with E-state index in [2.05, 4.69) is 22.2 Å². The number of aromatic nitrogens is 1. The van der Waals surface area contributed by atoms with Crippen LogP contribution in [0, 0.1) is 20.8 Å². The minimum atomic E-state index is -3.58. The van der Waals surface area contributed by atoms with E-state index in [0.29, 0.717) is 36.8 Å². The highest BCUT2D eigenvalue weighted by molar-refractivity contribution is 7.89. The number of sulfonamides is 1. The van der Waals surface area contributed by atoms with Crippen molar-refractivity contribution in [3.63, 3.8) is 0 Å². The highest BCUT2D eigenvalue weighted by Crippen LogP contribution is 2.30. The van der Waals surface area contributed by atoms with Gasteiger partial charge in [-0.05, 0) is 38.0 Å². The Labute approximate surface area is 178 Å². The summed E-state index contributed by atoms with van der Waals surface area (Å²) in [6.45, 7) is 8.89. The maximum atomic E-state index is 13.4. The van der Waals surface area contributed by atoms with E-state index in [1.807, 2.05) is 51.1 Å². The Balaban J connectivity index is 1.53. The highest BCUT2D eigenvalue weighted by atomic mass is 32.2. The zero-order chi connectivity index (χ0) is 21.3. The van der Waals surface area contributed by atoms with Gasteiger partial charge in [-0.1, -0.05) is 47.6 Å². The van der Waals surface area contributed by atoms with E-state index >= 15 is 0 Å². The van der Waals surface area contributed by atoms with Gasteiger partial charge >= 0.3 is 0 Å². The Morgan fingerprint density at radius 3 is 2.30 bits per heavy atom. The molecule has 4 rings (SSSR count). The monoisotopic (exact) mass is 425 g/mol. The van der Waals surface area contributed by atoms with Crippen LogP contribution in [0.2, 0.25) is 0 Å². The molecule has 0 spiro atoms. The minimum absolute atomic E-state index is 0.338. The fraction of sp³-hybridized carbons (Fsp3) is 0.348. The molecule has 1 aromatic heterocycles. The molecule has 0 unspecified atom stereocenters. The second kappa shape index (κ2) is 8.34. The van der Waals surface area contributed by atoms with Crippen LogP contribution >= 0.6 is 0 Å². The van der Waals surface area contributed by atoms with Crippen LogP contribution in [0.15, 0.2) is 57.9 Å². The first-order chi connectivity index (χ1) is 14.4. The normalized spacial score (nSPS) is 16.1. The van der Waals surface area contributed by atoms with E-state index in [1.54, 1.807) is 10.4 Å². The molecule has 158 valence electrons. The molecule has 6 nitrogen and oxygen atoms in total. The molecule has 1 aliphatic heterocycles. The standard InChI is InChI=1S/C23H27N3O3S/c1-17-9-10-21(23-18(2)19(3)24-29-23)15-22(17)30(27,28)26-13-11-25(12-14-26)16-20-7-5-4-6-8-20/h4-10,15H,11-14,16H2,1-3H3. The summed E-state index contributed by atoms with van der Waals surface area (Å²) < 4.78 is 33.9. The van der Waals surface area contributed by atoms with Crippen molar-refractivity contribution in [2.24, 2.45) is 0 Å². The minimum Gasteiger partial charge on any atom is -0.356 e. The molecule has 0 atom stereocenters. The Morgan fingerprint density at radius 2 is 1.67 bits per heavy atom. The Morgan fingerprint density at radius 1 is 0.967 bits per heavy atom. The second-order valence-corrected chi connectivity index (χ2v) is 9.77. The molecule has 30 heavy (non-hydrogen) atoms. The third-order valence-corrected chi connectivity index (χ3v) is 7.85. The average Bonchev–Trinajstić information content (AvgIpc) is 3.08. The molecule has 1 fully saturated rings. The third-order valence-electron chi connectivity index (χ3n) is 5.81. The summed E-state index contributed by atoms with van der Waals surface area (Å²) in [5.41, 5.74) is 4.45. The van der Waals surface area contributed by atoms with Crippen molar-refractivity contribution in [2.75, 3.05) is 26.2 Å². The fourth-order valence-electron chi connectivity index (χ4n) is 3.81. The van der Waals surface area contributed by atoms with Crippen LogP contribution in [0.3, 0.4) is 0 Å². The lowest BCUT2D eigenvalue weighted by Gasteiger charge is -2.34. The summed E-state index contributed by atoms with van der Waals surface area (Å²) in [6.07, 6.45) is 0. The Bertz CT molecular complexity index is 1130. The summed E-state index contributed by atoms with van der Waals surface area (Å²) in [7, 11) is -3.58. The first kappa shape index (κ1) is 20.8. The van der Waals surface area contributed by atoms with Crippen LogP contribution < -0.4 is 0 Å². The van der Waals surface area contributed by atoms with Crippen molar-refractivity contribution in [3.05, 3.63) is 70.9 Å². The number of piperazine rings is 1. The number of nitrogens with zero attached hydrogens (tertiary/aromatic N) is 3. The smallest absolute Gasteiger partial charge is 0.243 e. The van der Waals surface area contributed by atoms with Crippen LogP contribution in [0.5, 0.6) is 0 Å². The van der Waals surface area contributed by atoms with Crippen molar-refractivity contribution >= 4 is 10.0 Å². The van der Waals surface area contributed by atoms with E-state index in [0.717, 1.165) is 28.9 Å². The summed E-state index contributed by atoms with van der Waals surface area (Å²) in [6, 6.07) is 15.7. The lowest BCUT2D eigenvalue weighted by molar-refractivity contribution is 0.181. The van der Waals surface area contributed by atoms with Gasteiger partial charge in [0.25, 0.3) is 0 Å². The second-order valence-electron chi connectivity index (χ2n) is 7.87. The Kier molecular flexibility index (Phi) is 5.77. The van der Waals surface area contributed by atoms with Gasteiger partial charge in [-0.3, -0.25) is 4.90 Å². The zero-order valence-corrected chi connectivity index (χ0v) is 18.4. The van der Waals surface area contributed by atoms with Crippen molar-refractivity contribution in [1.29, 1.82) is 0 Å². The number of hydrogen-bond donors (Lipinski definition) is 0. The molecule has 0 radical (unpaired) electrons. The Hall–Kier alpha value is -2.48. The van der Waals surface area contributed by atoms with Gasteiger partial charge in [0.2, 0.25) is 10.0 Å². The lowest BCUT2D eigenvalue weighted by Crippen LogP contribution is -2.48. The van der Waals surface area contributed by atoms with Crippen LogP contribution in [0.4, 0.5) is 0 Å². The quantitative estimate of drug-likeness (QED) is 0.622. The van der Waals surface area contributed by atoms with E-state index in [9.17, 15) is 8.42 Å². The van der Waals surface area contributed by atoms with Crippen LogP contribution in [0.25, 0.3) is 11.3 Å². The average molecular weight is 426 g/mol. The molecular weight excluding hydrogens is 398 g/mol. The molecule has 2 heterocycles. The molecule has 0 saturated carbocycles. The third kappa shape index (κ3) is 4.05. The van der Waals surface area contributed by atoms with Crippen LogP contribution in [-0.4, -0.2) is 49.0 Å². The predicted octanol–water partition coefficient (Wildman–Crippen LogP) is 3.77. The SMILES string of the molecule is Cc1ccc(-c2onc(C)c2C)cc1S(=O)(=O)N1CCN(Cc2ccccc2)CC1. The maximum Gasteiger partial charge on any atom is 0.243 e. The van der Waals surface area contributed by atoms with Gasteiger partial charge in [0.1, 0.15) is 0 Å². The van der Waals surface area contributed by atoms with Crippen molar-refractivity contribution in [1.82, 2.24) is 14.4 Å². The molecule has 7 heteroatoms. The molecular formula is C23H27N3O3S. The molecule has 0 aliphatic carbocycles. The molecule has 1 aliphatic rings. The van der Waals surface area contributed by atoms with E-state index in [4.69, 9.17) is 4.52 Å². The number of benzene rings is 2.